The Morgan fingerprint density at radius 1 is 0.794 bits per heavy atom. The fraction of sp³-hybridized carbons (Fsp3) is 0.100. The van der Waals surface area contributed by atoms with Crippen LogP contribution in [0.25, 0.3) is 22.9 Å². The quantitative estimate of drug-likeness (QED) is 0.416. The van der Waals surface area contributed by atoms with Gasteiger partial charge in [0.05, 0.1) is 0 Å². The van der Waals surface area contributed by atoms with Gasteiger partial charge in [0.2, 0.25) is 11.5 Å². The summed E-state index contributed by atoms with van der Waals surface area (Å²) in [5, 5.41) is 2.56. The fourth-order valence-corrected chi connectivity index (χ4v) is 2.77. The lowest BCUT2D eigenvalue weighted by atomic mass is 10.2. The van der Waals surface area contributed by atoms with Gasteiger partial charge in [0.1, 0.15) is 17.1 Å². The lowest BCUT2D eigenvalue weighted by Crippen LogP contribution is -2.11. The van der Waals surface area contributed by atoms with Crippen LogP contribution in [0.5, 0.6) is 0 Å². The number of alkyl halides is 6. The number of pyridine rings is 3. The van der Waals surface area contributed by atoms with Crippen molar-refractivity contribution >= 4 is 11.6 Å². The molecule has 0 bridgehead atoms. The van der Waals surface area contributed by atoms with Gasteiger partial charge in [-0.15, -0.1) is 0 Å². The van der Waals surface area contributed by atoms with E-state index in [0.29, 0.717) is 6.07 Å². The number of H-pyrrole nitrogens is 1. The SMILES string of the molecule is O=c1cc(-c2nc(Nc3ccnc(C(F)(F)F)c3)nc(-c3cccc(C(F)(F)F)n3)n2)cc[nH]1. The molecule has 4 aromatic rings. The minimum absolute atomic E-state index is 0.0895. The second-order valence-corrected chi connectivity index (χ2v) is 6.71. The molecule has 4 heterocycles. The molecule has 0 fully saturated rings. The van der Waals surface area contributed by atoms with Crippen LogP contribution in [-0.4, -0.2) is 29.9 Å². The number of anilines is 2. The highest BCUT2D eigenvalue weighted by atomic mass is 19.4. The fourth-order valence-electron chi connectivity index (χ4n) is 2.77. The smallest absolute Gasteiger partial charge is 0.329 e. The predicted molar refractivity (Wildman–Crippen MR) is 107 cm³/mol. The molecule has 0 saturated carbocycles. The first-order valence-electron chi connectivity index (χ1n) is 9.29. The third kappa shape index (κ3) is 5.16. The number of nitrogens with one attached hydrogen (secondary N) is 2. The van der Waals surface area contributed by atoms with E-state index >= 15 is 0 Å². The van der Waals surface area contributed by atoms with Crippen LogP contribution in [0, 0.1) is 0 Å². The van der Waals surface area contributed by atoms with Crippen molar-refractivity contribution in [1.82, 2.24) is 29.9 Å². The van der Waals surface area contributed by atoms with E-state index in [9.17, 15) is 31.1 Å². The van der Waals surface area contributed by atoms with Crippen molar-refractivity contribution in [3.8, 4) is 22.9 Å². The lowest BCUT2D eigenvalue weighted by Gasteiger charge is -2.11. The molecule has 174 valence electrons. The van der Waals surface area contributed by atoms with Gasteiger partial charge in [-0.1, -0.05) is 6.07 Å². The Labute approximate surface area is 185 Å². The number of hydrogen-bond acceptors (Lipinski definition) is 7. The maximum atomic E-state index is 13.1. The molecule has 0 aliphatic heterocycles. The van der Waals surface area contributed by atoms with Crippen LogP contribution in [-0.2, 0) is 12.4 Å². The number of nitrogens with zero attached hydrogens (tertiary/aromatic N) is 5. The predicted octanol–water partition coefficient (Wildman–Crippen LogP) is 4.47. The summed E-state index contributed by atoms with van der Waals surface area (Å²) in [5.74, 6) is -0.717. The van der Waals surface area contributed by atoms with Gasteiger partial charge in [-0.25, -0.2) is 9.97 Å². The lowest BCUT2D eigenvalue weighted by molar-refractivity contribution is -0.141. The molecule has 4 aromatic heterocycles. The second-order valence-electron chi connectivity index (χ2n) is 6.71. The minimum Gasteiger partial charge on any atom is -0.329 e. The van der Waals surface area contributed by atoms with E-state index < -0.39 is 29.3 Å². The summed E-state index contributed by atoms with van der Waals surface area (Å²) in [5.41, 5.74) is -3.05. The van der Waals surface area contributed by atoms with E-state index in [1.54, 1.807) is 0 Å². The van der Waals surface area contributed by atoms with Crippen LogP contribution in [0.1, 0.15) is 11.4 Å². The zero-order valence-electron chi connectivity index (χ0n) is 16.6. The highest BCUT2D eigenvalue weighted by Crippen LogP contribution is 2.31. The summed E-state index contributed by atoms with van der Waals surface area (Å²) in [6.07, 6.45) is -7.22. The van der Waals surface area contributed by atoms with Crippen LogP contribution in [0.4, 0.5) is 38.0 Å². The van der Waals surface area contributed by atoms with Crippen molar-refractivity contribution in [2.75, 3.05) is 5.32 Å². The molecule has 4 rings (SSSR count). The van der Waals surface area contributed by atoms with Crippen LogP contribution >= 0.6 is 0 Å². The maximum absolute atomic E-state index is 13.1. The van der Waals surface area contributed by atoms with Crippen molar-refractivity contribution in [3.05, 3.63) is 76.6 Å². The van der Waals surface area contributed by atoms with Gasteiger partial charge in [-0.2, -0.15) is 36.3 Å². The minimum atomic E-state index is -4.73. The molecule has 0 saturated heterocycles. The van der Waals surface area contributed by atoms with Crippen molar-refractivity contribution < 1.29 is 26.3 Å². The zero-order chi connectivity index (χ0) is 24.5. The summed E-state index contributed by atoms with van der Waals surface area (Å²) in [6, 6.07) is 7.58. The Kier molecular flexibility index (Phi) is 5.73. The first-order chi connectivity index (χ1) is 16.0. The van der Waals surface area contributed by atoms with Gasteiger partial charge in [0, 0.05) is 29.7 Å². The van der Waals surface area contributed by atoms with Crippen LogP contribution in [0.15, 0.2) is 59.7 Å². The zero-order valence-corrected chi connectivity index (χ0v) is 16.6. The highest BCUT2D eigenvalue weighted by molar-refractivity contribution is 5.63. The maximum Gasteiger partial charge on any atom is 0.433 e. The summed E-state index contributed by atoms with van der Waals surface area (Å²) in [7, 11) is 0. The molecule has 0 aliphatic rings. The molecular weight excluding hydrogens is 468 g/mol. The molecule has 0 atom stereocenters. The largest absolute Gasteiger partial charge is 0.433 e. The second kappa shape index (κ2) is 8.53. The summed E-state index contributed by atoms with van der Waals surface area (Å²) in [4.78, 5) is 33.1. The van der Waals surface area contributed by atoms with Gasteiger partial charge >= 0.3 is 12.4 Å². The number of hydrogen-bond donors (Lipinski definition) is 2. The standard InChI is InChI=1S/C20H11F6N7O/c21-19(22,23)13-3-1-2-12(30-13)17-31-16(10-4-6-28-15(34)8-10)32-18(33-17)29-11-5-7-27-14(9-11)20(24,25)26/h1-9H,(H,28,34)(H,27,29,31,32,33). The Balaban J connectivity index is 1.83. The molecule has 8 nitrogen and oxygen atoms in total. The summed E-state index contributed by atoms with van der Waals surface area (Å²) < 4.78 is 78.3. The van der Waals surface area contributed by atoms with E-state index in [1.807, 2.05) is 0 Å². The molecule has 0 amide bonds. The first-order valence-corrected chi connectivity index (χ1v) is 9.29. The molecule has 0 unspecified atom stereocenters. The normalized spacial score (nSPS) is 11.9. The Morgan fingerprint density at radius 3 is 2.24 bits per heavy atom. The van der Waals surface area contributed by atoms with E-state index in [0.717, 1.165) is 24.4 Å². The van der Waals surface area contributed by atoms with E-state index in [1.165, 1.54) is 24.4 Å². The van der Waals surface area contributed by atoms with Crippen LogP contribution in [0.2, 0.25) is 0 Å². The van der Waals surface area contributed by atoms with Gasteiger partial charge in [-0.05, 0) is 30.3 Å². The molecule has 0 aliphatic carbocycles. The van der Waals surface area contributed by atoms with Crippen LogP contribution in [0.3, 0.4) is 0 Å². The number of rotatable bonds is 4. The molecule has 2 N–H and O–H groups in total. The molecule has 0 spiro atoms. The number of aromatic amines is 1. The Bertz CT molecular complexity index is 1400. The van der Waals surface area contributed by atoms with Crippen LogP contribution < -0.4 is 10.9 Å². The van der Waals surface area contributed by atoms with Gasteiger partial charge in [0.25, 0.3) is 0 Å². The molecule has 34 heavy (non-hydrogen) atoms. The molecule has 14 heteroatoms. The Hall–Kier alpha value is -4.36. The van der Waals surface area contributed by atoms with E-state index in [2.05, 4.69) is 35.2 Å². The van der Waals surface area contributed by atoms with Crippen molar-refractivity contribution in [2.45, 2.75) is 12.4 Å². The van der Waals surface area contributed by atoms with Gasteiger partial charge in [-0.3, -0.25) is 9.78 Å². The average molecular weight is 479 g/mol. The molecule has 0 aromatic carbocycles. The van der Waals surface area contributed by atoms with Gasteiger partial charge in [0.15, 0.2) is 11.6 Å². The molecular formula is C20H11F6N7O. The van der Waals surface area contributed by atoms with Crippen molar-refractivity contribution in [3.63, 3.8) is 0 Å². The van der Waals surface area contributed by atoms with Crippen molar-refractivity contribution in [2.24, 2.45) is 0 Å². The third-order valence-corrected chi connectivity index (χ3v) is 4.24. The average Bonchev–Trinajstić information content (AvgIpc) is 2.78. The molecule has 0 radical (unpaired) electrons. The highest BCUT2D eigenvalue weighted by Gasteiger charge is 2.33. The Morgan fingerprint density at radius 2 is 1.53 bits per heavy atom. The monoisotopic (exact) mass is 479 g/mol. The van der Waals surface area contributed by atoms with Gasteiger partial charge < -0.3 is 10.3 Å². The summed E-state index contributed by atoms with van der Waals surface area (Å²) >= 11 is 0. The number of aromatic nitrogens is 6. The van der Waals surface area contributed by atoms with E-state index in [4.69, 9.17) is 0 Å². The van der Waals surface area contributed by atoms with Crippen molar-refractivity contribution in [1.29, 1.82) is 0 Å². The third-order valence-electron chi connectivity index (χ3n) is 4.24. The van der Waals surface area contributed by atoms with E-state index in [-0.39, 0.29) is 34.5 Å². The number of halogens is 6. The summed E-state index contributed by atoms with van der Waals surface area (Å²) in [6.45, 7) is 0. The first kappa shape index (κ1) is 22.8. The topological polar surface area (TPSA) is 109 Å².